The molecule has 3 rings (SSSR count). The normalized spacial score (nSPS) is 16.1. The van der Waals surface area contributed by atoms with Gasteiger partial charge in [-0.25, -0.2) is 0 Å². The van der Waals surface area contributed by atoms with Crippen molar-refractivity contribution in [2.45, 2.75) is 18.9 Å². The summed E-state index contributed by atoms with van der Waals surface area (Å²) in [5.41, 5.74) is 1.26. The van der Waals surface area contributed by atoms with Crippen LogP contribution in [0.25, 0.3) is 0 Å². The molecule has 0 aliphatic carbocycles. The summed E-state index contributed by atoms with van der Waals surface area (Å²) in [4.78, 5) is 0. The smallest absolute Gasteiger partial charge is 0.161 e. The first-order valence-corrected chi connectivity index (χ1v) is 8.10. The predicted octanol–water partition coefficient (Wildman–Crippen LogP) is 3.06. The van der Waals surface area contributed by atoms with Crippen LogP contribution in [0.4, 0.5) is 0 Å². The molecule has 0 aromatic heterocycles. The Kier molecular flexibility index (Phi) is 5.37. The lowest BCUT2D eigenvalue weighted by atomic mass is 10.1. The molecule has 1 aliphatic heterocycles. The Bertz CT molecular complexity index is 630. The maximum absolute atomic E-state index is 6.00. The van der Waals surface area contributed by atoms with E-state index in [1.54, 1.807) is 0 Å². The molecule has 0 amide bonds. The lowest BCUT2D eigenvalue weighted by molar-refractivity contribution is 0.0851. The molecule has 2 aromatic carbocycles. The predicted molar refractivity (Wildman–Crippen MR) is 90.5 cm³/mol. The van der Waals surface area contributed by atoms with E-state index in [0.29, 0.717) is 13.2 Å². The Labute approximate surface area is 137 Å². The largest absolute Gasteiger partial charge is 0.492 e. The summed E-state index contributed by atoms with van der Waals surface area (Å²) in [7, 11) is 1.92. The van der Waals surface area contributed by atoms with Crippen LogP contribution in [0.1, 0.15) is 12.0 Å². The fourth-order valence-corrected chi connectivity index (χ4v) is 2.59. The second-order valence-corrected chi connectivity index (χ2v) is 5.64. The van der Waals surface area contributed by atoms with Gasteiger partial charge in [0.2, 0.25) is 0 Å². The van der Waals surface area contributed by atoms with Gasteiger partial charge in [0.25, 0.3) is 0 Å². The van der Waals surface area contributed by atoms with Crippen LogP contribution in [0.3, 0.4) is 0 Å². The molecule has 23 heavy (non-hydrogen) atoms. The number of hydrogen-bond acceptors (Lipinski definition) is 4. The average molecular weight is 313 g/mol. The molecule has 0 saturated carbocycles. The van der Waals surface area contributed by atoms with Gasteiger partial charge in [0, 0.05) is 6.54 Å². The van der Waals surface area contributed by atoms with Crippen LogP contribution in [0.15, 0.2) is 48.5 Å². The molecule has 0 bridgehead atoms. The summed E-state index contributed by atoms with van der Waals surface area (Å²) in [6.07, 6.45) is 1.96. The SMILES string of the molecule is CNCCOc1cccc(CC[C@H]2COc3ccccc3O2)c1. The third-order valence-corrected chi connectivity index (χ3v) is 3.84. The second-order valence-electron chi connectivity index (χ2n) is 5.64. The molecule has 1 aliphatic rings. The molecule has 1 N–H and O–H groups in total. The Morgan fingerprint density at radius 3 is 2.87 bits per heavy atom. The first-order valence-electron chi connectivity index (χ1n) is 8.10. The Balaban J connectivity index is 1.52. The zero-order chi connectivity index (χ0) is 15.9. The molecule has 0 spiro atoms. The van der Waals surface area contributed by atoms with Crippen molar-refractivity contribution in [3.8, 4) is 17.2 Å². The van der Waals surface area contributed by atoms with Gasteiger partial charge in [0.1, 0.15) is 25.1 Å². The monoisotopic (exact) mass is 313 g/mol. The highest BCUT2D eigenvalue weighted by atomic mass is 16.6. The van der Waals surface area contributed by atoms with E-state index in [0.717, 1.165) is 36.6 Å². The van der Waals surface area contributed by atoms with Gasteiger partial charge in [-0.3, -0.25) is 0 Å². The van der Waals surface area contributed by atoms with Crippen molar-refractivity contribution in [1.29, 1.82) is 0 Å². The topological polar surface area (TPSA) is 39.7 Å². The average Bonchev–Trinajstić information content (AvgIpc) is 2.60. The van der Waals surface area contributed by atoms with Gasteiger partial charge in [-0.15, -0.1) is 0 Å². The Morgan fingerprint density at radius 1 is 1.13 bits per heavy atom. The highest BCUT2D eigenvalue weighted by molar-refractivity contribution is 5.40. The van der Waals surface area contributed by atoms with Gasteiger partial charge in [-0.05, 0) is 49.7 Å². The van der Waals surface area contributed by atoms with Crippen LogP contribution in [-0.2, 0) is 6.42 Å². The summed E-state index contributed by atoms with van der Waals surface area (Å²) < 4.78 is 17.5. The van der Waals surface area contributed by atoms with Crippen LogP contribution >= 0.6 is 0 Å². The summed E-state index contributed by atoms with van der Waals surface area (Å²) in [6, 6.07) is 16.1. The van der Waals surface area contributed by atoms with Gasteiger partial charge in [0.15, 0.2) is 11.5 Å². The van der Waals surface area contributed by atoms with Gasteiger partial charge >= 0.3 is 0 Å². The lowest BCUT2D eigenvalue weighted by Gasteiger charge is -2.26. The van der Waals surface area contributed by atoms with Crippen LogP contribution in [0.5, 0.6) is 17.2 Å². The summed E-state index contributed by atoms with van der Waals surface area (Å²) in [5, 5.41) is 3.07. The second kappa shape index (κ2) is 7.88. The number of nitrogens with one attached hydrogen (secondary N) is 1. The van der Waals surface area contributed by atoms with Crippen molar-refractivity contribution in [2.75, 3.05) is 26.8 Å². The molecule has 0 fully saturated rings. The molecule has 0 unspecified atom stereocenters. The number of aryl methyl sites for hydroxylation is 1. The van der Waals surface area contributed by atoms with E-state index in [4.69, 9.17) is 14.2 Å². The molecular formula is C19H23NO3. The molecule has 1 atom stereocenters. The van der Waals surface area contributed by atoms with E-state index in [2.05, 4.69) is 17.4 Å². The van der Waals surface area contributed by atoms with Gasteiger partial charge in [-0.1, -0.05) is 24.3 Å². The molecule has 1 heterocycles. The van der Waals surface area contributed by atoms with E-state index < -0.39 is 0 Å². The summed E-state index contributed by atoms with van der Waals surface area (Å²) >= 11 is 0. The summed E-state index contributed by atoms with van der Waals surface area (Å²) in [5.74, 6) is 2.60. The Morgan fingerprint density at radius 2 is 2.00 bits per heavy atom. The van der Waals surface area contributed by atoms with Crippen LogP contribution in [0.2, 0.25) is 0 Å². The molecule has 0 radical (unpaired) electrons. The van der Waals surface area contributed by atoms with Crippen molar-refractivity contribution in [3.05, 3.63) is 54.1 Å². The van der Waals surface area contributed by atoms with Crippen LogP contribution < -0.4 is 19.5 Å². The van der Waals surface area contributed by atoms with Gasteiger partial charge in [-0.2, -0.15) is 0 Å². The fraction of sp³-hybridized carbons (Fsp3) is 0.368. The maximum atomic E-state index is 6.00. The van der Waals surface area contributed by atoms with Crippen molar-refractivity contribution in [1.82, 2.24) is 5.32 Å². The number of hydrogen-bond donors (Lipinski definition) is 1. The zero-order valence-electron chi connectivity index (χ0n) is 13.5. The van der Waals surface area contributed by atoms with Crippen molar-refractivity contribution in [3.63, 3.8) is 0 Å². The lowest BCUT2D eigenvalue weighted by Crippen LogP contribution is -2.29. The van der Waals surface area contributed by atoms with E-state index in [1.807, 2.05) is 43.4 Å². The van der Waals surface area contributed by atoms with E-state index in [1.165, 1.54) is 5.56 Å². The number of fused-ring (bicyclic) bond motifs is 1. The molecule has 2 aromatic rings. The molecular weight excluding hydrogens is 290 g/mol. The minimum absolute atomic E-state index is 0.0961. The quantitative estimate of drug-likeness (QED) is 0.798. The van der Waals surface area contributed by atoms with Gasteiger partial charge in [0.05, 0.1) is 0 Å². The number of para-hydroxylation sites is 2. The minimum atomic E-state index is 0.0961. The Hall–Kier alpha value is -2.20. The van der Waals surface area contributed by atoms with E-state index >= 15 is 0 Å². The third kappa shape index (κ3) is 4.39. The number of rotatable bonds is 7. The highest BCUT2D eigenvalue weighted by Gasteiger charge is 2.20. The van der Waals surface area contributed by atoms with Crippen LogP contribution in [-0.4, -0.2) is 32.9 Å². The van der Waals surface area contributed by atoms with Gasteiger partial charge < -0.3 is 19.5 Å². The zero-order valence-corrected chi connectivity index (χ0v) is 13.5. The van der Waals surface area contributed by atoms with E-state index in [9.17, 15) is 0 Å². The molecule has 0 saturated heterocycles. The first kappa shape index (κ1) is 15.7. The molecule has 4 heteroatoms. The van der Waals surface area contributed by atoms with Crippen molar-refractivity contribution >= 4 is 0 Å². The first-order chi connectivity index (χ1) is 11.3. The molecule has 4 nitrogen and oxygen atoms in total. The molecule has 122 valence electrons. The maximum Gasteiger partial charge on any atom is 0.161 e. The fourth-order valence-electron chi connectivity index (χ4n) is 2.59. The number of ether oxygens (including phenoxy) is 3. The highest BCUT2D eigenvalue weighted by Crippen LogP contribution is 2.31. The van der Waals surface area contributed by atoms with Crippen LogP contribution in [0, 0.1) is 0 Å². The number of benzene rings is 2. The van der Waals surface area contributed by atoms with Crippen molar-refractivity contribution < 1.29 is 14.2 Å². The summed E-state index contributed by atoms with van der Waals surface area (Å²) in [6.45, 7) is 2.13. The number of likely N-dealkylation sites (N-methyl/N-ethyl adjacent to an activating group) is 1. The standard InChI is InChI=1S/C19H23NO3/c1-20-11-12-21-16-6-4-5-15(13-16)9-10-17-14-22-18-7-2-3-8-19(18)23-17/h2-8,13,17,20H,9-12,14H2,1H3/t17-/m0/s1. The third-order valence-electron chi connectivity index (χ3n) is 3.84. The van der Waals surface area contributed by atoms with E-state index in [-0.39, 0.29) is 6.10 Å². The van der Waals surface area contributed by atoms with Crippen molar-refractivity contribution in [2.24, 2.45) is 0 Å². The minimum Gasteiger partial charge on any atom is -0.492 e.